The molecule has 18 heavy (non-hydrogen) atoms. The molecular formula is C11H13BrN4O2. The van der Waals surface area contributed by atoms with E-state index in [0.29, 0.717) is 29.6 Å². The third kappa shape index (κ3) is 1.58. The number of rotatable bonds is 1. The van der Waals surface area contributed by atoms with Crippen molar-refractivity contribution in [1.82, 2.24) is 14.8 Å². The number of hydrogen-bond donors (Lipinski definition) is 3. The molecule has 2 heterocycles. The molecule has 2 aromatic rings. The van der Waals surface area contributed by atoms with Crippen molar-refractivity contribution in [2.45, 2.75) is 31.4 Å². The standard InChI is InChI=1S/C11H13BrN4O2/c1-11(18)2-5(3-11)16-4-6(12)7-8(16)10(17)15-14-9(7)13/h4-5,18H,2-3H2,1H3,(H2,13,14)(H,15,17). The van der Waals surface area contributed by atoms with E-state index in [2.05, 4.69) is 26.1 Å². The second kappa shape index (κ2) is 3.58. The van der Waals surface area contributed by atoms with Crippen LogP contribution in [0, 0.1) is 0 Å². The maximum atomic E-state index is 11.9. The third-order valence-electron chi connectivity index (χ3n) is 3.48. The Labute approximate surface area is 111 Å². The molecular weight excluding hydrogens is 300 g/mol. The van der Waals surface area contributed by atoms with Gasteiger partial charge in [-0.1, -0.05) is 0 Å². The lowest BCUT2D eigenvalue weighted by atomic mass is 9.77. The van der Waals surface area contributed by atoms with E-state index < -0.39 is 5.60 Å². The molecule has 0 unspecified atom stereocenters. The fourth-order valence-corrected chi connectivity index (χ4v) is 3.24. The van der Waals surface area contributed by atoms with Crippen LogP contribution >= 0.6 is 15.9 Å². The predicted molar refractivity (Wildman–Crippen MR) is 71.4 cm³/mol. The van der Waals surface area contributed by atoms with Crippen molar-refractivity contribution in [2.24, 2.45) is 0 Å². The fraction of sp³-hybridized carbons (Fsp3) is 0.455. The van der Waals surface area contributed by atoms with Gasteiger partial charge in [0, 0.05) is 16.7 Å². The lowest BCUT2D eigenvalue weighted by Crippen LogP contribution is -2.42. The minimum Gasteiger partial charge on any atom is -0.390 e. The van der Waals surface area contributed by atoms with Crippen molar-refractivity contribution >= 4 is 32.7 Å². The quantitative estimate of drug-likeness (QED) is 0.736. The molecule has 0 spiro atoms. The van der Waals surface area contributed by atoms with Gasteiger partial charge in [-0.3, -0.25) is 4.79 Å². The number of nitrogens with one attached hydrogen (secondary N) is 1. The summed E-state index contributed by atoms with van der Waals surface area (Å²) >= 11 is 3.40. The number of nitrogen functional groups attached to an aromatic ring is 1. The van der Waals surface area contributed by atoms with E-state index in [9.17, 15) is 9.90 Å². The van der Waals surface area contributed by atoms with Crippen LogP contribution in [0.15, 0.2) is 15.5 Å². The van der Waals surface area contributed by atoms with Gasteiger partial charge in [-0.25, -0.2) is 5.10 Å². The van der Waals surface area contributed by atoms with E-state index in [1.807, 2.05) is 10.8 Å². The van der Waals surface area contributed by atoms with Gasteiger partial charge >= 0.3 is 0 Å². The van der Waals surface area contributed by atoms with Crippen molar-refractivity contribution in [3.8, 4) is 0 Å². The largest absolute Gasteiger partial charge is 0.390 e. The topological polar surface area (TPSA) is 96.9 Å². The van der Waals surface area contributed by atoms with E-state index in [1.165, 1.54) is 0 Å². The van der Waals surface area contributed by atoms with Crippen LogP contribution in [0.4, 0.5) is 5.82 Å². The zero-order chi connectivity index (χ0) is 13.1. The highest BCUT2D eigenvalue weighted by molar-refractivity contribution is 9.10. The van der Waals surface area contributed by atoms with Crippen molar-refractivity contribution in [1.29, 1.82) is 0 Å². The highest BCUT2D eigenvalue weighted by Crippen LogP contribution is 2.43. The molecule has 0 aliphatic heterocycles. The summed E-state index contributed by atoms with van der Waals surface area (Å²) in [6, 6.07) is 0.122. The summed E-state index contributed by atoms with van der Waals surface area (Å²) in [6.45, 7) is 1.80. The van der Waals surface area contributed by atoms with Crippen molar-refractivity contribution < 1.29 is 5.11 Å². The fourth-order valence-electron chi connectivity index (χ4n) is 2.63. The van der Waals surface area contributed by atoms with E-state index >= 15 is 0 Å². The van der Waals surface area contributed by atoms with Crippen molar-refractivity contribution in [3.63, 3.8) is 0 Å². The molecule has 7 heteroatoms. The Hall–Kier alpha value is -1.34. The molecule has 96 valence electrons. The van der Waals surface area contributed by atoms with Gasteiger partial charge in [0.05, 0.1) is 11.0 Å². The van der Waals surface area contributed by atoms with E-state index in [0.717, 1.165) is 4.47 Å². The highest BCUT2D eigenvalue weighted by atomic mass is 79.9. The van der Waals surface area contributed by atoms with Gasteiger partial charge in [-0.2, -0.15) is 5.10 Å². The van der Waals surface area contributed by atoms with Gasteiger partial charge in [0.2, 0.25) is 0 Å². The number of aromatic nitrogens is 3. The summed E-state index contributed by atoms with van der Waals surface area (Å²) in [6.07, 6.45) is 3.09. The molecule has 3 rings (SSSR count). The van der Waals surface area contributed by atoms with Gasteiger partial charge in [0.1, 0.15) is 5.52 Å². The Kier molecular flexibility index (Phi) is 2.33. The first-order valence-electron chi connectivity index (χ1n) is 5.65. The molecule has 1 fully saturated rings. The SMILES string of the molecule is CC1(O)CC(n2cc(Br)c3c(N)n[nH]c(=O)c32)C1. The third-order valence-corrected chi connectivity index (χ3v) is 4.08. The van der Waals surface area contributed by atoms with Crippen LogP contribution in [0.5, 0.6) is 0 Å². The molecule has 0 radical (unpaired) electrons. The van der Waals surface area contributed by atoms with Gasteiger partial charge in [0.25, 0.3) is 5.56 Å². The highest BCUT2D eigenvalue weighted by Gasteiger charge is 2.40. The molecule has 1 aliphatic carbocycles. The molecule has 0 aromatic carbocycles. The minimum absolute atomic E-state index is 0.122. The summed E-state index contributed by atoms with van der Waals surface area (Å²) < 4.78 is 2.62. The molecule has 0 amide bonds. The summed E-state index contributed by atoms with van der Waals surface area (Å²) in [5, 5.41) is 16.6. The Bertz CT molecular complexity index is 680. The Morgan fingerprint density at radius 2 is 2.33 bits per heavy atom. The number of hydrogen-bond acceptors (Lipinski definition) is 4. The first-order valence-corrected chi connectivity index (χ1v) is 6.45. The van der Waals surface area contributed by atoms with Gasteiger partial charge < -0.3 is 15.4 Å². The second-order valence-corrected chi connectivity index (χ2v) is 5.96. The number of fused-ring (bicyclic) bond motifs is 1. The second-order valence-electron chi connectivity index (χ2n) is 5.10. The average Bonchev–Trinajstić information content (AvgIpc) is 2.59. The zero-order valence-corrected chi connectivity index (χ0v) is 11.4. The van der Waals surface area contributed by atoms with Crippen LogP contribution in [-0.2, 0) is 0 Å². The Balaban J connectivity index is 2.20. The minimum atomic E-state index is -0.640. The number of H-pyrrole nitrogens is 1. The maximum absolute atomic E-state index is 11.9. The average molecular weight is 313 g/mol. The number of aromatic amines is 1. The van der Waals surface area contributed by atoms with Crippen LogP contribution < -0.4 is 11.3 Å². The number of anilines is 1. The molecule has 0 bridgehead atoms. The van der Waals surface area contributed by atoms with Crippen LogP contribution in [0.2, 0.25) is 0 Å². The van der Waals surface area contributed by atoms with Crippen LogP contribution in [0.25, 0.3) is 10.9 Å². The summed E-state index contributed by atoms with van der Waals surface area (Å²) in [4.78, 5) is 11.9. The van der Waals surface area contributed by atoms with Crippen LogP contribution in [0.3, 0.4) is 0 Å². The Morgan fingerprint density at radius 3 is 2.94 bits per heavy atom. The molecule has 4 N–H and O–H groups in total. The number of nitrogens with two attached hydrogens (primary N) is 1. The maximum Gasteiger partial charge on any atom is 0.288 e. The molecule has 1 aliphatic rings. The smallest absolute Gasteiger partial charge is 0.288 e. The van der Waals surface area contributed by atoms with Crippen LogP contribution in [0.1, 0.15) is 25.8 Å². The summed E-state index contributed by atoms with van der Waals surface area (Å²) in [7, 11) is 0. The number of nitrogens with zero attached hydrogens (tertiary/aromatic N) is 2. The van der Waals surface area contributed by atoms with Crippen LogP contribution in [-0.4, -0.2) is 25.5 Å². The Morgan fingerprint density at radius 1 is 1.67 bits per heavy atom. The normalized spacial score (nSPS) is 27.4. The van der Waals surface area contributed by atoms with Crippen molar-refractivity contribution in [3.05, 3.63) is 21.0 Å². The summed E-state index contributed by atoms with van der Waals surface area (Å²) in [5.74, 6) is 0.293. The summed E-state index contributed by atoms with van der Waals surface area (Å²) in [5.41, 5.74) is 5.38. The first kappa shape index (κ1) is 11.7. The van der Waals surface area contributed by atoms with Gasteiger partial charge in [-0.15, -0.1) is 0 Å². The number of halogens is 1. The lowest BCUT2D eigenvalue weighted by molar-refractivity contribution is -0.0497. The van der Waals surface area contributed by atoms with Crippen molar-refractivity contribution in [2.75, 3.05) is 5.73 Å². The monoisotopic (exact) mass is 312 g/mol. The predicted octanol–water partition coefficient (Wildman–Crippen LogP) is 1.16. The molecule has 1 saturated carbocycles. The zero-order valence-electron chi connectivity index (χ0n) is 9.77. The molecule has 2 aromatic heterocycles. The van der Waals surface area contributed by atoms with Gasteiger partial charge in [0.15, 0.2) is 5.82 Å². The van der Waals surface area contributed by atoms with E-state index in [1.54, 1.807) is 6.92 Å². The lowest BCUT2D eigenvalue weighted by Gasteiger charge is -2.41. The van der Waals surface area contributed by atoms with E-state index in [4.69, 9.17) is 5.73 Å². The first-order chi connectivity index (χ1) is 8.39. The molecule has 6 nitrogen and oxygen atoms in total. The molecule has 0 saturated heterocycles. The number of aliphatic hydroxyl groups is 1. The molecule has 0 atom stereocenters. The van der Waals surface area contributed by atoms with Gasteiger partial charge in [-0.05, 0) is 35.7 Å². The van der Waals surface area contributed by atoms with E-state index in [-0.39, 0.29) is 11.6 Å².